The lowest BCUT2D eigenvalue weighted by atomic mass is 10.3. The van der Waals surface area contributed by atoms with E-state index in [-0.39, 0.29) is 11.4 Å². The van der Waals surface area contributed by atoms with E-state index in [1.807, 2.05) is 0 Å². The molecule has 0 radical (unpaired) electrons. The van der Waals surface area contributed by atoms with Crippen LogP contribution in [-0.4, -0.2) is 24.9 Å². The van der Waals surface area contributed by atoms with E-state index in [9.17, 15) is 18.5 Å². The molecule has 0 saturated carbocycles. The zero-order valence-electron chi connectivity index (χ0n) is 7.69. The van der Waals surface area contributed by atoms with Crippen LogP contribution in [-0.2, 0) is 10.3 Å². The van der Waals surface area contributed by atoms with Crippen LogP contribution in [0.5, 0.6) is 0 Å². The molecular formula is C7H8N2O5S. The molecule has 0 aliphatic carbocycles. The van der Waals surface area contributed by atoms with Crippen molar-refractivity contribution < 1.29 is 17.9 Å². The summed E-state index contributed by atoms with van der Waals surface area (Å²) in [6.07, 6.45) is 0. The van der Waals surface area contributed by atoms with E-state index in [1.54, 1.807) is 0 Å². The van der Waals surface area contributed by atoms with Gasteiger partial charge in [0.1, 0.15) is 0 Å². The maximum Gasteiger partial charge on any atom is 0.359 e. The van der Waals surface area contributed by atoms with Crippen molar-refractivity contribution in [3.63, 3.8) is 0 Å². The Kier molecular flexibility index (Phi) is 2.91. The Balaban J connectivity index is 3.05. The quantitative estimate of drug-likeness (QED) is 0.472. The van der Waals surface area contributed by atoms with Crippen molar-refractivity contribution in [2.45, 2.75) is 0 Å². The summed E-state index contributed by atoms with van der Waals surface area (Å²) in [6, 6.07) is 4.76. The Hall–Kier alpha value is -1.67. The summed E-state index contributed by atoms with van der Waals surface area (Å²) in [4.78, 5) is 9.70. The van der Waals surface area contributed by atoms with Crippen molar-refractivity contribution >= 4 is 21.7 Å². The third kappa shape index (κ3) is 2.64. The van der Waals surface area contributed by atoms with Crippen LogP contribution in [0, 0.1) is 10.1 Å². The van der Waals surface area contributed by atoms with Gasteiger partial charge in [-0.15, -0.1) is 0 Å². The highest BCUT2D eigenvalue weighted by Gasteiger charge is 2.15. The van der Waals surface area contributed by atoms with Gasteiger partial charge in [0.2, 0.25) is 0 Å². The van der Waals surface area contributed by atoms with Crippen molar-refractivity contribution in [1.82, 2.24) is 0 Å². The summed E-state index contributed by atoms with van der Waals surface area (Å²) in [5.41, 5.74) is -0.00872. The second kappa shape index (κ2) is 3.83. The number of non-ortho nitro benzene ring substituents is 1. The summed E-state index contributed by atoms with van der Waals surface area (Å²) < 4.78 is 30.7. The van der Waals surface area contributed by atoms with Gasteiger partial charge in [-0.3, -0.25) is 19.0 Å². The maximum absolute atomic E-state index is 10.7. The Morgan fingerprint density at radius 1 is 1.33 bits per heavy atom. The number of rotatable bonds is 3. The molecule has 0 fully saturated rings. The highest BCUT2D eigenvalue weighted by molar-refractivity contribution is 7.87. The van der Waals surface area contributed by atoms with E-state index in [2.05, 4.69) is 0 Å². The minimum absolute atomic E-state index is 0.142. The van der Waals surface area contributed by atoms with Crippen molar-refractivity contribution in [3.05, 3.63) is 34.4 Å². The molecule has 0 aromatic heterocycles. The van der Waals surface area contributed by atoms with Crippen LogP contribution in [0.15, 0.2) is 24.3 Å². The van der Waals surface area contributed by atoms with E-state index < -0.39 is 15.2 Å². The minimum Gasteiger partial charge on any atom is -0.269 e. The number of benzene rings is 1. The van der Waals surface area contributed by atoms with E-state index >= 15 is 0 Å². The Labute approximate surface area is 86.0 Å². The van der Waals surface area contributed by atoms with E-state index in [0.717, 1.165) is 19.2 Å². The number of nitrogens with zero attached hydrogens (tertiary/aromatic N) is 2. The number of hydrogen-bond acceptors (Lipinski definition) is 4. The summed E-state index contributed by atoms with van der Waals surface area (Å²) in [7, 11) is -3.19. The average Bonchev–Trinajstić information content (AvgIpc) is 2.15. The van der Waals surface area contributed by atoms with Gasteiger partial charge < -0.3 is 0 Å². The minimum atomic E-state index is -4.33. The fourth-order valence-electron chi connectivity index (χ4n) is 0.917. The molecule has 7 nitrogen and oxygen atoms in total. The van der Waals surface area contributed by atoms with Gasteiger partial charge >= 0.3 is 10.3 Å². The highest BCUT2D eigenvalue weighted by Crippen LogP contribution is 2.19. The molecule has 0 spiro atoms. The molecule has 1 aromatic rings. The number of nitro groups is 1. The molecule has 8 heteroatoms. The van der Waals surface area contributed by atoms with Gasteiger partial charge in [0.05, 0.1) is 10.6 Å². The molecular weight excluding hydrogens is 224 g/mol. The van der Waals surface area contributed by atoms with Gasteiger partial charge in [-0.05, 0) is 12.1 Å². The van der Waals surface area contributed by atoms with Crippen LogP contribution >= 0.6 is 0 Å². The molecule has 0 atom stereocenters. The lowest BCUT2D eigenvalue weighted by Crippen LogP contribution is -2.25. The molecule has 15 heavy (non-hydrogen) atoms. The molecule has 0 heterocycles. The lowest BCUT2D eigenvalue weighted by Gasteiger charge is -2.13. The topological polar surface area (TPSA) is 101 Å². The van der Waals surface area contributed by atoms with E-state index in [4.69, 9.17) is 4.55 Å². The fraction of sp³-hybridized carbons (Fsp3) is 0.143. The molecule has 1 N–H and O–H groups in total. The van der Waals surface area contributed by atoms with Gasteiger partial charge in [0.15, 0.2) is 0 Å². The zero-order chi connectivity index (χ0) is 11.6. The van der Waals surface area contributed by atoms with Gasteiger partial charge in [0, 0.05) is 19.2 Å². The van der Waals surface area contributed by atoms with Crippen LogP contribution in [0.25, 0.3) is 0 Å². The van der Waals surface area contributed by atoms with Gasteiger partial charge in [-0.2, -0.15) is 8.42 Å². The van der Waals surface area contributed by atoms with Crippen LogP contribution in [0.2, 0.25) is 0 Å². The Morgan fingerprint density at radius 2 is 1.80 bits per heavy atom. The van der Waals surface area contributed by atoms with Crippen molar-refractivity contribution in [3.8, 4) is 0 Å². The molecule has 0 bridgehead atoms. The van der Waals surface area contributed by atoms with E-state index in [0.29, 0.717) is 4.31 Å². The first-order valence-corrected chi connectivity index (χ1v) is 5.18. The monoisotopic (exact) mass is 232 g/mol. The molecule has 0 unspecified atom stereocenters. The van der Waals surface area contributed by atoms with Crippen molar-refractivity contribution in [1.29, 1.82) is 0 Å². The van der Waals surface area contributed by atoms with Crippen LogP contribution in [0.3, 0.4) is 0 Å². The Morgan fingerprint density at radius 3 is 2.13 bits per heavy atom. The Bertz CT molecular complexity index is 467. The molecule has 1 aromatic carbocycles. The first-order valence-electron chi connectivity index (χ1n) is 3.78. The predicted octanol–water partition coefficient (Wildman–Crippen LogP) is 0.834. The second-order valence-electron chi connectivity index (χ2n) is 2.72. The molecule has 0 aliphatic heterocycles. The molecule has 82 valence electrons. The smallest absolute Gasteiger partial charge is 0.269 e. The first kappa shape index (κ1) is 11.4. The summed E-state index contributed by atoms with van der Waals surface area (Å²) >= 11 is 0. The molecule has 0 amide bonds. The lowest BCUT2D eigenvalue weighted by molar-refractivity contribution is -0.384. The van der Waals surface area contributed by atoms with Gasteiger partial charge in [-0.1, -0.05) is 0 Å². The summed E-state index contributed by atoms with van der Waals surface area (Å²) in [5, 5.41) is 10.3. The third-order valence-electron chi connectivity index (χ3n) is 1.77. The normalized spacial score (nSPS) is 11.1. The fourth-order valence-corrected chi connectivity index (χ4v) is 1.31. The SMILES string of the molecule is CN(c1ccc([N+](=O)[O-])cc1)S(=O)(=O)O. The summed E-state index contributed by atoms with van der Waals surface area (Å²) in [6.45, 7) is 0. The first-order chi connectivity index (χ1) is 6.82. The number of anilines is 1. The average molecular weight is 232 g/mol. The van der Waals surface area contributed by atoms with Gasteiger partial charge in [-0.25, -0.2) is 0 Å². The maximum atomic E-state index is 10.7. The van der Waals surface area contributed by atoms with Crippen molar-refractivity contribution in [2.75, 3.05) is 11.4 Å². The summed E-state index contributed by atoms with van der Waals surface area (Å²) in [5.74, 6) is 0. The number of hydrogen-bond donors (Lipinski definition) is 1. The highest BCUT2D eigenvalue weighted by atomic mass is 32.2. The van der Waals surface area contributed by atoms with Crippen LogP contribution in [0.4, 0.5) is 11.4 Å². The standard InChI is InChI=1S/C7H8N2O5S/c1-8(15(12,13)14)6-2-4-7(5-3-6)9(10)11/h2-5H,1H3,(H,12,13,14). The predicted molar refractivity (Wildman–Crippen MR) is 53.0 cm³/mol. The van der Waals surface area contributed by atoms with E-state index in [1.165, 1.54) is 12.1 Å². The van der Waals surface area contributed by atoms with Crippen LogP contribution in [0.1, 0.15) is 0 Å². The molecule has 1 rings (SSSR count). The van der Waals surface area contributed by atoms with Crippen LogP contribution < -0.4 is 4.31 Å². The van der Waals surface area contributed by atoms with Gasteiger partial charge in [0.25, 0.3) is 5.69 Å². The molecule has 0 aliphatic rings. The van der Waals surface area contributed by atoms with Crippen molar-refractivity contribution in [2.24, 2.45) is 0 Å². The largest absolute Gasteiger partial charge is 0.359 e. The number of nitro benzene ring substituents is 1. The molecule has 0 saturated heterocycles. The zero-order valence-corrected chi connectivity index (χ0v) is 8.51. The second-order valence-corrected chi connectivity index (χ2v) is 4.16. The third-order valence-corrected chi connectivity index (χ3v) is 2.67.